The molecule has 1 aliphatic rings. The monoisotopic (exact) mass is 372 g/mol. The summed E-state index contributed by atoms with van der Waals surface area (Å²) in [5, 5.41) is 6.50. The molecule has 2 aromatic rings. The first-order valence-electron chi connectivity index (χ1n) is 8.10. The molecule has 2 N–H and O–H groups in total. The third-order valence-electron chi connectivity index (χ3n) is 4.17. The Hall–Kier alpha value is -1.81. The van der Waals surface area contributed by atoms with E-state index in [-0.39, 0.29) is 5.91 Å². The second-order valence-corrected chi connectivity index (χ2v) is 6.97. The predicted octanol–water partition coefficient (Wildman–Crippen LogP) is 4.98. The van der Waals surface area contributed by atoms with E-state index < -0.39 is 0 Å². The lowest BCUT2D eigenvalue weighted by Gasteiger charge is -2.14. The number of amides is 1. The van der Waals surface area contributed by atoms with E-state index in [1.807, 2.05) is 48.5 Å². The number of carbonyl (C=O) groups excluding carboxylic acids is 1. The summed E-state index contributed by atoms with van der Waals surface area (Å²) < 4.78 is 1.02. The van der Waals surface area contributed by atoms with Gasteiger partial charge < -0.3 is 10.6 Å². The third kappa shape index (κ3) is 4.83. The molecule has 0 radical (unpaired) electrons. The lowest BCUT2D eigenvalue weighted by Crippen LogP contribution is -2.15. The molecule has 3 nitrogen and oxygen atoms in total. The summed E-state index contributed by atoms with van der Waals surface area (Å²) in [7, 11) is 0. The average Bonchev–Trinajstić information content (AvgIpc) is 3.04. The summed E-state index contributed by atoms with van der Waals surface area (Å²) in [4.78, 5) is 12.1. The van der Waals surface area contributed by atoms with Gasteiger partial charge in [0.25, 0.3) is 0 Å². The maximum atomic E-state index is 12.1. The Morgan fingerprint density at radius 3 is 2.22 bits per heavy atom. The molecule has 0 aliphatic heterocycles. The van der Waals surface area contributed by atoms with Gasteiger partial charge in [-0.3, -0.25) is 4.79 Å². The Morgan fingerprint density at radius 2 is 1.57 bits per heavy atom. The highest BCUT2D eigenvalue weighted by atomic mass is 79.9. The first-order chi connectivity index (χ1) is 11.2. The second kappa shape index (κ2) is 7.64. The number of nitrogens with one attached hydrogen (secondary N) is 2. The van der Waals surface area contributed by atoms with Crippen molar-refractivity contribution < 1.29 is 4.79 Å². The Labute approximate surface area is 145 Å². The molecular formula is C19H21BrN2O. The van der Waals surface area contributed by atoms with E-state index >= 15 is 0 Å². The largest absolute Gasteiger partial charge is 0.382 e. The molecule has 1 fully saturated rings. The molecule has 4 heteroatoms. The van der Waals surface area contributed by atoms with E-state index in [2.05, 4.69) is 26.6 Å². The van der Waals surface area contributed by atoms with Crippen LogP contribution in [0, 0.1) is 0 Å². The van der Waals surface area contributed by atoms with E-state index in [0.717, 1.165) is 21.4 Å². The van der Waals surface area contributed by atoms with Gasteiger partial charge >= 0.3 is 0 Å². The minimum Gasteiger partial charge on any atom is -0.382 e. The van der Waals surface area contributed by atoms with Gasteiger partial charge in [0.15, 0.2) is 0 Å². The van der Waals surface area contributed by atoms with Gasteiger partial charge in [-0.1, -0.05) is 40.9 Å². The molecule has 120 valence electrons. The van der Waals surface area contributed by atoms with Crippen LogP contribution in [0.3, 0.4) is 0 Å². The van der Waals surface area contributed by atoms with E-state index in [0.29, 0.717) is 12.5 Å². The molecule has 0 spiro atoms. The molecule has 3 rings (SSSR count). The number of hydrogen-bond donors (Lipinski definition) is 2. The van der Waals surface area contributed by atoms with Crippen molar-refractivity contribution >= 4 is 33.2 Å². The second-order valence-electron chi connectivity index (χ2n) is 6.05. The Morgan fingerprint density at radius 1 is 0.957 bits per heavy atom. The van der Waals surface area contributed by atoms with Crippen molar-refractivity contribution in [1.29, 1.82) is 0 Å². The molecule has 23 heavy (non-hydrogen) atoms. The summed E-state index contributed by atoms with van der Waals surface area (Å²) in [6.07, 6.45) is 5.54. The summed E-state index contributed by atoms with van der Waals surface area (Å²) in [6.45, 7) is 0. The normalized spacial score (nSPS) is 14.7. The number of hydrogen-bond acceptors (Lipinski definition) is 2. The van der Waals surface area contributed by atoms with Crippen molar-refractivity contribution in [3.05, 3.63) is 58.6 Å². The lowest BCUT2D eigenvalue weighted by molar-refractivity contribution is -0.115. The minimum absolute atomic E-state index is 0.00354. The summed E-state index contributed by atoms with van der Waals surface area (Å²) in [5.41, 5.74) is 2.97. The van der Waals surface area contributed by atoms with Crippen LogP contribution in [0.4, 0.5) is 11.4 Å². The van der Waals surface area contributed by atoms with Gasteiger partial charge in [-0.25, -0.2) is 0 Å². The molecule has 0 unspecified atom stereocenters. The van der Waals surface area contributed by atoms with Crippen molar-refractivity contribution in [3.63, 3.8) is 0 Å². The van der Waals surface area contributed by atoms with Crippen molar-refractivity contribution in [3.8, 4) is 0 Å². The fourth-order valence-corrected chi connectivity index (χ4v) is 3.21. The first kappa shape index (κ1) is 16.1. The Bertz CT molecular complexity index is 646. The topological polar surface area (TPSA) is 41.1 Å². The molecule has 0 atom stereocenters. The van der Waals surface area contributed by atoms with Gasteiger partial charge in [-0.2, -0.15) is 0 Å². The van der Waals surface area contributed by atoms with Crippen LogP contribution in [0.1, 0.15) is 31.2 Å². The van der Waals surface area contributed by atoms with Gasteiger partial charge in [0, 0.05) is 21.9 Å². The molecule has 1 saturated carbocycles. The van der Waals surface area contributed by atoms with Crippen molar-refractivity contribution in [2.45, 2.75) is 38.1 Å². The zero-order valence-electron chi connectivity index (χ0n) is 13.0. The van der Waals surface area contributed by atoms with E-state index in [9.17, 15) is 4.79 Å². The standard InChI is InChI=1S/C19H21BrN2O/c20-15-7-5-14(6-8-15)13-19(23)22-18-11-9-17(10-12-18)21-16-3-1-2-4-16/h5-12,16,21H,1-4,13H2,(H,22,23). The summed E-state index contributed by atoms with van der Waals surface area (Å²) >= 11 is 3.40. The molecule has 2 aromatic carbocycles. The predicted molar refractivity (Wildman–Crippen MR) is 98.8 cm³/mol. The fourth-order valence-electron chi connectivity index (χ4n) is 2.95. The van der Waals surface area contributed by atoms with Gasteiger partial charge in [0.2, 0.25) is 5.91 Å². The third-order valence-corrected chi connectivity index (χ3v) is 4.70. The summed E-state index contributed by atoms with van der Waals surface area (Å²) in [5.74, 6) is 0.00354. The number of halogens is 1. The van der Waals surface area contributed by atoms with Crippen LogP contribution in [0.15, 0.2) is 53.0 Å². The van der Waals surface area contributed by atoms with Crippen LogP contribution < -0.4 is 10.6 Å². The maximum Gasteiger partial charge on any atom is 0.228 e. The van der Waals surface area contributed by atoms with E-state index in [1.54, 1.807) is 0 Å². The molecule has 0 saturated heterocycles. The fraction of sp³-hybridized carbons (Fsp3) is 0.316. The molecule has 1 aliphatic carbocycles. The zero-order valence-corrected chi connectivity index (χ0v) is 14.6. The van der Waals surface area contributed by atoms with Crippen molar-refractivity contribution in [2.24, 2.45) is 0 Å². The Balaban J connectivity index is 1.52. The van der Waals surface area contributed by atoms with Crippen molar-refractivity contribution in [2.75, 3.05) is 10.6 Å². The zero-order chi connectivity index (χ0) is 16.1. The highest BCUT2D eigenvalue weighted by Crippen LogP contribution is 2.23. The minimum atomic E-state index is 0.00354. The first-order valence-corrected chi connectivity index (χ1v) is 8.89. The SMILES string of the molecule is O=C(Cc1ccc(Br)cc1)Nc1ccc(NC2CCCC2)cc1. The van der Waals surface area contributed by atoms with Crippen LogP contribution >= 0.6 is 15.9 Å². The average molecular weight is 373 g/mol. The maximum absolute atomic E-state index is 12.1. The number of anilines is 2. The highest BCUT2D eigenvalue weighted by molar-refractivity contribution is 9.10. The highest BCUT2D eigenvalue weighted by Gasteiger charge is 2.14. The van der Waals surface area contributed by atoms with E-state index in [1.165, 1.54) is 25.7 Å². The number of rotatable bonds is 5. The number of benzene rings is 2. The molecule has 0 heterocycles. The van der Waals surface area contributed by atoms with E-state index in [4.69, 9.17) is 0 Å². The van der Waals surface area contributed by atoms with Gasteiger partial charge in [0.1, 0.15) is 0 Å². The molecular weight excluding hydrogens is 352 g/mol. The van der Waals surface area contributed by atoms with Crippen LogP contribution in [0.5, 0.6) is 0 Å². The lowest BCUT2D eigenvalue weighted by atomic mass is 10.1. The summed E-state index contributed by atoms with van der Waals surface area (Å²) in [6, 6.07) is 16.4. The van der Waals surface area contributed by atoms with Gasteiger partial charge in [-0.05, 0) is 54.8 Å². The molecule has 1 amide bonds. The Kier molecular flexibility index (Phi) is 5.34. The smallest absolute Gasteiger partial charge is 0.228 e. The van der Waals surface area contributed by atoms with Crippen LogP contribution in [-0.4, -0.2) is 11.9 Å². The molecule has 0 bridgehead atoms. The van der Waals surface area contributed by atoms with Gasteiger partial charge in [-0.15, -0.1) is 0 Å². The van der Waals surface area contributed by atoms with Gasteiger partial charge in [0.05, 0.1) is 6.42 Å². The quantitative estimate of drug-likeness (QED) is 0.776. The van der Waals surface area contributed by atoms with Crippen LogP contribution in [0.2, 0.25) is 0 Å². The van der Waals surface area contributed by atoms with Crippen molar-refractivity contribution in [1.82, 2.24) is 0 Å². The van der Waals surface area contributed by atoms with Crippen LogP contribution in [0.25, 0.3) is 0 Å². The molecule has 0 aromatic heterocycles. The van der Waals surface area contributed by atoms with Crippen LogP contribution in [-0.2, 0) is 11.2 Å². The number of carbonyl (C=O) groups is 1.